The molecule has 0 spiro atoms. The lowest BCUT2D eigenvalue weighted by Gasteiger charge is -2.38. The van der Waals surface area contributed by atoms with Gasteiger partial charge in [-0.15, -0.1) is 11.3 Å². The molecule has 0 aliphatic carbocycles. The Morgan fingerprint density at radius 3 is 2.35 bits per heavy atom. The minimum absolute atomic E-state index is 0.141. The number of rotatable bonds is 7. The maximum absolute atomic E-state index is 6.05. The molecule has 0 amide bonds. The van der Waals surface area contributed by atoms with Gasteiger partial charge in [-0.05, 0) is 38.9 Å². The molecular weight excluding hydrogens is 254 g/mol. The molecule has 0 fully saturated rings. The Labute approximate surface area is 113 Å². The average molecular weight is 276 g/mol. The maximum atomic E-state index is 6.05. The lowest BCUT2D eigenvalue weighted by Crippen LogP contribution is -2.44. The van der Waals surface area contributed by atoms with Gasteiger partial charge < -0.3 is 10.1 Å². The van der Waals surface area contributed by atoms with Crippen LogP contribution in [0.25, 0.3) is 0 Å². The van der Waals surface area contributed by atoms with Gasteiger partial charge in [0.25, 0.3) is 0 Å². The van der Waals surface area contributed by atoms with E-state index in [1.807, 2.05) is 20.0 Å². The molecule has 17 heavy (non-hydrogen) atoms. The monoisotopic (exact) mass is 275 g/mol. The van der Waals surface area contributed by atoms with E-state index >= 15 is 0 Å². The fourth-order valence-electron chi connectivity index (χ4n) is 2.38. The third kappa shape index (κ3) is 3.22. The fraction of sp³-hybridized carbons (Fsp3) is 0.692. The molecule has 98 valence electrons. The van der Waals surface area contributed by atoms with Crippen LogP contribution in [0.3, 0.4) is 0 Å². The molecule has 1 heterocycles. The molecule has 4 heteroatoms. The zero-order valence-corrected chi connectivity index (χ0v) is 12.6. The number of halogens is 1. The SMILES string of the molecule is CCOC(CC)(CC)C(NC)c1ccc(Cl)s1. The van der Waals surface area contributed by atoms with Gasteiger partial charge >= 0.3 is 0 Å². The number of thiophene rings is 1. The first-order valence-corrected chi connectivity index (χ1v) is 7.39. The third-order valence-electron chi connectivity index (χ3n) is 3.32. The summed E-state index contributed by atoms with van der Waals surface area (Å²) >= 11 is 7.65. The lowest BCUT2D eigenvalue weighted by molar-refractivity contribution is -0.0709. The Morgan fingerprint density at radius 2 is 2.00 bits per heavy atom. The van der Waals surface area contributed by atoms with Crippen molar-refractivity contribution in [2.75, 3.05) is 13.7 Å². The van der Waals surface area contributed by atoms with Gasteiger partial charge in [0.05, 0.1) is 16.0 Å². The normalized spacial score (nSPS) is 13.9. The highest BCUT2D eigenvalue weighted by Gasteiger charge is 2.37. The molecule has 1 unspecified atom stereocenters. The van der Waals surface area contributed by atoms with Gasteiger partial charge in [-0.25, -0.2) is 0 Å². The van der Waals surface area contributed by atoms with Crippen LogP contribution in [0.15, 0.2) is 12.1 Å². The van der Waals surface area contributed by atoms with E-state index in [1.165, 1.54) is 4.88 Å². The number of hydrogen-bond donors (Lipinski definition) is 1. The number of hydrogen-bond acceptors (Lipinski definition) is 3. The van der Waals surface area contributed by atoms with Crippen LogP contribution in [-0.4, -0.2) is 19.3 Å². The minimum Gasteiger partial charge on any atom is -0.373 e. The summed E-state index contributed by atoms with van der Waals surface area (Å²) in [6.07, 6.45) is 1.97. The number of nitrogens with one attached hydrogen (secondary N) is 1. The largest absolute Gasteiger partial charge is 0.373 e. The van der Waals surface area contributed by atoms with Gasteiger partial charge in [-0.3, -0.25) is 0 Å². The van der Waals surface area contributed by atoms with Crippen LogP contribution in [0.5, 0.6) is 0 Å². The fourth-order valence-corrected chi connectivity index (χ4v) is 3.66. The van der Waals surface area contributed by atoms with Crippen molar-refractivity contribution in [3.8, 4) is 0 Å². The molecule has 1 aromatic rings. The second-order valence-corrected chi connectivity index (χ2v) is 5.82. The van der Waals surface area contributed by atoms with Gasteiger partial charge in [0.15, 0.2) is 0 Å². The van der Waals surface area contributed by atoms with Crippen LogP contribution in [0.2, 0.25) is 4.34 Å². The highest BCUT2D eigenvalue weighted by molar-refractivity contribution is 7.16. The molecule has 0 aliphatic heterocycles. The quantitative estimate of drug-likeness (QED) is 0.803. The van der Waals surface area contributed by atoms with E-state index in [1.54, 1.807) is 11.3 Å². The molecular formula is C13H22ClNOS. The summed E-state index contributed by atoms with van der Waals surface area (Å²) in [5.74, 6) is 0. The van der Waals surface area contributed by atoms with E-state index < -0.39 is 0 Å². The Kier molecular flexibility index (Phi) is 5.93. The van der Waals surface area contributed by atoms with E-state index in [9.17, 15) is 0 Å². The number of likely N-dealkylation sites (N-methyl/N-ethyl adjacent to an activating group) is 1. The summed E-state index contributed by atoms with van der Waals surface area (Å²) in [5.41, 5.74) is -0.141. The third-order valence-corrected chi connectivity index (χ3v) is 4.62. The Balaban J connectivity index is 3.04. The van der Waals surface area contributed by atoms with Gasteiger partial charge in [0.2, 0.25) is 0 Å². The molecule has 0 bridgehead atoms. The standard InChI is InChI=1S/C13H22ClNOS/c1-5-13(6-2,16-7-3)12(15-4)10-8-9-11(14)17-10/h8-9,12,15H,5-7H2,1-4H3. The van der Waals surface area contributed by atoms with E-state index in [-0.39, 0.29) is 11.6 Å². The highest BCUT2D eigenvalue weighted by Crippen LogP contribution is 2.39. The van der Waals surface area contributed by atoms with Gasteiger partial charge in [0, 0.05) is 11.5 Å². The first-order chi connectivity index (χ1) is 8.13. The smallest absolute Gasteiger partial charge is 0.0931 e. The summed E-state index contributed by atoms with van der Waals surface area (Å²) < 4.78 is 6.88. The molecule has 1 atom stereocenters. The van der Waals surface area contributed by atoms with E-state index in [2.05, 4.69) is 25.2 Å². The zero-order valence-electron chi connectivity index (χ0n) is 11.0. The van der Waals surface area contributed by atoms with Crippen LogP contribution in [0, 0.1) is 0 Å². The average Bonchev–Trinajstić information content (AvgIpc) is 2.75. The van der Waals surface area contributed by atoms with Crippen LogP contribution in [0.1, 0.15) is 44.5 Å². The highest BCUT2D eigenvalue weighted by atomic mass is 35.5. The maximum Gasteiger partial charge on any atom is 0.0931 e. The summed E-state index contributed by atoms with van der Waals surface area (Å²) in [6.45, 7) is 7.14. The molecule has 0 aliphatic rings. The van der Waals surface area contributed by atoms with E-state index in [0.717, 1.165) is 23.8 Å². The molecule has 0 saturated carbocycles. The van der Waals surface area contributed by atoms with Crippen LogP contribution in [-0.2, 0) is 4.74 Å². The van der Waals surface area contributed by atoms with Gasteiger partial charge in [0.1, 0.15) is 0 Å². The zero-order chi connectivity index (χ0) is 12.9. The van der Waals surface area contributed by atoms with Crippen molar-refractivity contribution in [3.05, 3.63) is 21.3 Å². The Morgan fingerprint density at radius 1 is 1.35 bits per heavy atom. The van der Waals surface area contributed by atoms with Crippen molar-refractivity contribution < 1.29 is 4.74 Å². The summed E-state index contributed by atoms with van der Waals surface area (Å²) in [7, 11) is 1.98. The van der Waals surface area contributed by atoms with Crippen molar-refractivity contribution in [2.24, 2.45) is 0 Å². The molecule has 2 nitrogen and oxygen atoms in total. The van der Waals surface area contributed by atoms with Crippen LogP contribution < -0.4 is 5.32 Å². The van der Waals surface area contributed by atoms with Crippen molar-refractivity contribution in [1.82, 2.24) is 5.32 Å². The van der Waals surface area contributed by atoms with Gasteiger partial charge in [-0.2, -0.15) is 0 Å². The first kappa shape index (κ1) is 15.0. The summed E-state index contributed by atoms with van der Waals surface area (Å²) in [4.78, 5) is 1.25. The van der Waals surface area contributed by atoms with Gasteiger partial charge in [-0.1, -0.05) is 25.4 Å². The van der Waals surface area contributed by atoms with Crippen molar-refractivity contribution in [1.29, 1.82) is 0 Å². The second-order valence-electron chi connectivity index (χ2n) is 4.07. The van der Waals surface area contributed by atoms with E-state index in [4.69, 9.17) is 16.3 Å². The molecule has 1 N–H and O–H groups in total. The molecule has 1 rings (SSSR count). The lowest BCUT2D eigenvalue weighted by atomic mass is 9.87. The predicted molar refractivity (Wildman–Crippen MR) is 76.1 cm³/mol. The Bertz CT molecular complexity index is 336. The summed E-state index contributed by atoms with van der Waals surface area (Å²) in [5, 5.41) is 3.39. The van der Waals surface area contributed by atoms with E-state index in [0.29, 0.717) is 0 Å². The summed E-state index contributed by atoms with van der Waals surface area (Å²) in [6, 6.07) is 4.25. The molecule has 0 saturated heterocycles. The minimum atomic E-state index is -0.141. The molecule has 0 radical (unpaired) electrons. The van der Waals surface area contributed by atoms with Crippen LogP contribution >= 0.6 is 22.9 Å². The topological polar surface area (TPSA) is 21.3 Å². The second kappa shape index (κ2) is 6.74. The van der Waals surface area contributed by atoms with Crippen molar-refractivity contribution in [3.63, 3.8) is 0 Å². The first-order valence-electron chi connectivity index (χ1n) is 6.20. The Hall–Kier alpha value is -0.0900. The molecule has 1 aromatic heterocycles. The number of ether oxygens (including phenoxy) is 1. The van der Waals surface area contributed by atoms with Crippen LogP contribution in [0.4, 0.5) is 0 Å². The molecule has 0 aromatic carbocycles. The predicted octanol–water partition coefficient (Wildman–Crippen LogP) is 4.26. The van der Waals surface area contributed by atoms with Crippen molar-refractivity contribution in [2.45, 2.75) is 45.3 Å². The van der Waals surface area contributed by atoms with Crippen molar-refractivity contribution >= 4 is 22.9 Å².